The van der Waals surface area contributed by atoms with Gasteiger partial charge in [-0.05, 0) is 22.3 Å². The fourth-order valence-electron chi connectivity index (χ4n) is 8.11. The van der Waals surface area contributed by atoms with Crippen LogP contribution in [-0.4, -0.2) is 87.6 Å². The van der Waals surface area contributed by atoms with Gasteiger partial charge in [-0.3, -0.25) is 4.79 Å². The Balaban J connectivity index is 1.17. The molecule has 0 aromatic heterocycles. The fourth-order valence-corrected chi connectivity index (χ4v) is 8.11. The maximum atomic E-state index is 12.9. The van der Waals surface area contributed by atoms with Gasteiger partial charge in [-0.2, -0.15) is 0 Å². The van der Waals surface area contributed by atoms with Gasteiger partial charge in [-0.25, -0.2) is 0 Å². The predicted octanol–water partition coefficient (Wildman–Crippen LogP) is 7.06. The highest BCUT2D eigenvalue weighted by Gasteiger charge is 2.56. The number of benzene rings is 5. The first-order valence-electron chi connectivity index (χ1n) is 21.2. The lowest BCUT2D eigenvalue weighted by Crippen LogP contribution is -2.69. The number of fused-ring (bicyclic) bond motifs is 1. The molecule has 1 N–H and O–H groups in total. The molecule has 11 atom stereocenters. The number of hydrogen-bond acceptors (Lipinski definition) is 11. The van der Waals surface area contributed by atoms with Crippen LogP contribution in [0.1, 0.15) is 41.0 Å². The molecule has 3 heterocycles. The number of amides is 1. The molecule has 3 fully saturated rings. The Labute approximate surface area is 363 Å². The van der Waals surface area contributed by atoms with Gasteiger partial charge in [0.05, 0.1) is 39.6 Å². The molecule has 5 aromatic carbocycles. The molecule has 5 aromatic rings. The zero-order chi connectivity index (χ0) is 42.5. The van der Waals surface area contributed by atoms with Crippen LogP contribution >= 0.6 is 0 Å². The molecule has 3 aliphatic heterocycles. The van der Waals surface area contributed by atoms with E-state index in [1.54, 1.807) is 0 Å². The summed E-state index contributed by atoms with van der Waals surface area (Å²) in [6.45, 7) is 2.87. The van der Waals surface area contributed by atoms with Gasteiger partial charge in [0, 0.05) is 19.6 Å². The molecular weight excluding hydrogens is 791 g/mol. The van der Waals surface area contributed by atoms with Gasteiger partial charge in [-0.15, -0.1) is 0 Å². The second kappa shape index (κ2) is 22.0. The van der Waals surface area contributed by atoms with Crippen LogP contribution in [0.4, 0.5) is 0 Å². The normalized spacial score (nSPS) is 28.5. The summed E-state index contributed by atoms with van der Waals surface area (Å²) in [5.41, 5.74) is 4.75. The van der Waals surface area contributed by atoms with Crippen LogP contribution in [0, 0.1) is 0 Å². The Morgan fingerprint density at radius 3 is 1.61 bits per heavy atom. The summed E-state index contributed by atoms with van der Waals surface area (Å²) >= 11 is 0. The summed E-state index contributed by atoms with van der Waals surface area (Å²) in [7, 11) is 1.53. The van der Waals surface area contributed by atoms with Crippen LogP contribution in [0.15, 0.2) is 152 Å². The van der Waals surface area contributed by atoms with Crippen molar-refractivity contribution in [2.75, 3.05) is 20.3 Å². The van der Waals surface area contributed by atoms with E-state index in [2.05, 4.69) is 5.32 Å². The first-order chi connectivity index (χ1) is 30.5. The maximum Gasteiger partial charge on any atom is 0.217 e. The van der Waals surface area contributed by atoms with E-state index in [0.29, 0.717) is 6.61 Å². The second-order valence-electron chi connectivity index (χ2n) is 15.6. The summed E-state index contributed by atoms with van der Waals surface area (Å²) in [5, 5.41) is 3.04. The molecule has 1 amide bonds. The van der Waals surface area contributed by atoms with Crippen molar-refractivity contribution in [2.24, 2.45) is 0 Å². The van der Waals surface area contributed by atoms with Crippen LogP contribution in [-0.2, 0) is 78.6 Å². The third kappa shape index (κ3) is 11.4. The topological polar surface area (TPSA) is 121 Å². The number of hydrogen-bond donors (Lipinski definition) is 1. The smallest absolute Gasteiger partial charge is 0.217 e. The summed E-state index contributed by atoms with van der Waals surface area (Å²) in [6, 6.07) is 48.7. The molecule has 3 aliphatic rings. The van der Waals surface area contributed by atoms with Gasteiger partial charge < -0.3 is 52.7 Å². The summed E-state index contributed by atoms with van der Waals surface area (Å²) in [5.74, 6) is -0.300. The van der Waals surface area contributed by atoms with E-state index >= 15 is 0 Å². The van der Waals surface area contributed by atoms with E-state index in [4.69, 9.17) is 47.4 Å². The Morgan fingerprint density at radius 1 is 0.581 bits per heavy atom. The Kier molecular flexibility index (Phi) is 15.5. The maximum absolute atomic E-state index is 12.9. The van der Waals surface area contributed by atoms with Gasteiger partial charge in [-0.1, -0.05) is 152 Å². The van der Waals surface area contributed by atoms with Crippen molar-refractivity contribution in [2.45, 2.75) is 101 Å². The number of rotatable bonds is 18. The van der Waals surface area contributed by atoms with Crippen LogP contribution in [0.2, 0.25) is 0 Å². The predicted molar refractivity (Wildman–Crippen MR) is 228 cm³/mol. The molecule has 0 unspecified atom stereocenters. The molecular formula is C50H55NO11. The van der Waals surface area contributed by atoms with E-state index in [-0.39, 0.29) is 38.9 Å². The molecule has 0 radical (unpaired) electrons. The third-order valence-corrected chi connectivity index (χ3v) is 11.1. The second-order valence-corrected chi connectivity index (χ2v) is 15.6. The number of carbonyl (C=O) groups is 1. The molecule has 0 saturated carbocycles. The highest BCUT2D eigenvalue weighted by Crippen LogP contribution is 2.39. The molecule has 326 valence electrons. The molecule has 0 aliphatic carbocycles. The Hall–Kier alpha value is -4.83. The lowest BCUT2D eigenvalue weighted by Gasteiger charge is -2.52. The van der Waals surface area contributed by atoms with Crippen molar-refractivity contribution in [1.29, 1.82) is 0 Å². The van der Waals surface area contributed by atoms with Crippen LogP contribution in [0.5, 0.6) is 0 Å². The summed E-state index contributed by atoms with van der Waals surface area (Å²) < 4.78 is 66.6. The quantitative estimate of drug-likeness (QED) is 0.0977. The standard InChI is InChI=1S/C50H55NO11/c1-34(52)51-42-45(44-41(59-49(42)53-2)33-58-48(61-44)39-26-16-7-17-27-39)62-50-47(57-31-38-24-14-6-15-25-38)46(56-30-37-22-12-5-13-23-37)43(55-29-36-20-10-4-11-21-36)40(60-50)32-54-28-35-18-8-3-9-19-35/h3-27,40-50H,28-33H2,1-2H3,(H,51,52)/t40-,41-,42-,43+,44-,45-,46+,47-,48+,49+,50-/m1/s1. The molecule has 0 spiro atoms. The van der Waals surface area contributed by atoms with Crippen molar-refractivity contribution >= 4 is 5.91 Å². The Morgan fingerprint density at radius 2 is 1.08 bits per heavy atom. The zero-order valence-corrected chi connectivity index (χ0v) is 35.0. The lowest BCUT2D eigenvalue weighted by atomic mass is 9.94. The van der Waals surface area contributed by atoms with Crippen molar-refractivity contribution < 1.29 is 52.2 Å². The third-order valence-electron chi connectivity index (χ3n) is 11.1. The molecule has 12 nitrogen and oxygen atoms in total. The summed E-state index contributed by atoms with van der Waals surface area (Å²) in [4.78, 5) is 12.9. The van der Waals surface area contributed by atoms with Gasteiger partial charge in [0.1, 0.15) is 48.8 Å². The minimum atomic E-state index is -1.10. The first-order valence-corrected chi connectivity index (χ1v) is 21.2. The van der Waals surface area contributed by atoms with E-state index in [0.717, 1.165) is 27.8 Å². The number of nitrogens with one attached hydrogen (secondary N) is 1. The monoisotopic (exact) mass is 845 g/mol. The number of methoxy groups -OCH3 is 1. The minimum absolute atomic E-state index is 0.140. The van der Waals surface area contributed by atoms with E-state index < -0.39 is 67.6 Å². The highest BCUT2D eigenvalue weighted by molar-refractivity contribution is 5.73. The van der Waals surface area contributed by atoms with Gasteiger partial charge >= 0.3 is 0 Å². The number of ether oxygens (including phenoxy) is 10. The average Bonchev–Trinajstić information content (AvgIpc) is 3.32. The highest BCUT2D eigenvalue weighted by atomic mass is 16.8. The molecule has 8 rings (SSSR count). The lowest BCUT2D eigenvalue weighted by molar-refractivity contribution is -0.383. The van der Waals surface area contributed by atoms with Crippen LogP contribution < -0.4 is 5.32 Å². The van der Waals surface area contributed by atoms with Crippen molar-refractivity contribution in [3.8, 4) is 0 Å². The van der Waals surface area contributed by atoms with Crippen molar-refractivity contribution in [3.63, 3.8) is 0 Å². The van der Waals surface area contributed by atoms with Crippen molar-refractivity contribution in [1.82, 2.24) is 5.32 Å². The fraction of sp³-hybridized carbons (Fsp3) is 0.380. The zero-order valence-electron chi connectivity index (χ0n) is 35.0. The van der Waals surface area contributed by atoms with Gasteiger partial charge in [0.2, 0.25) is 5.91 Å². The van der Waals surface area contributed by atoms with Gasteiger partial charge in [0.25, 0.3) is 0 Å². The van der Waals surface area contributed by atoms with E-state index in [1.807, 2.05) is 152 Å². The molecule has 0 bridgehead atoms. The van der Waals surface area contributed by atoms with E-state index in [9.17, 15) is 4.79 Å². The van der Waals surface area contributed by atoms with Crippen LogP contribution in [0.3, 0.4) is 0 Å². The summed E-state index contributed by atoms with van der Waals surface area (Å²) in [6.07, 6.45) is -7.95. The van der Waals surface area contributed by atoms with E-state index in [1.165, 1.54) is 14.0 Å². The molecule has 12 heteroatoms. The molecule has 62 heavy (non-hydrogen) atoms. The van der Waals surface area contributed by atoms with Gasteiger partial charge in [0.15, 0.2) is 18.9 Å². The Bertz CT molecular complexity index is 2070. The largest absolute Gasteiger partial charge is 0.374 e. The average molecular weight is 846 g/mol. The first kappa shape index (κ1) is 43.8. The minimum Gasteiger partial charge on any atom is -0.374 e. The SMILES string of the molecule is CO[C@H]1O[C@@H]2CO[C@H](c3ccccc3)O[C@H]2[C@H](O[C@H]2O[C@H](COCc3ccccc3)[C@H](OCc3ccccc3)[C@H](OCc3ccccc3)[C@H]2OCc2ccccc2)[C@H]1NC(C)=O. The van der Waals surface area contributed by atoms with Crippen molar-refractivity contribution in [3.05, 3.63) is 179 Å². The molecule has 3 saturated heterocycles. The number of carbonyl (C=O) groups excluding carboxylic acids is 1. The van der Waals surface area contributed by atoms with Crippen LogP contribution in [0.25, 0.3) is 0 Å².